The van der Waals surface area contributed by atoms with E-state index in [0.717, 1.165) is 49.6 Å². The molecule has 0 aliphatic carbocycles. The van der Waals surface area contributed by atoms with Gasteiger partial charge in [-0.25, -0.2) is 4.98 Å². The first-order chi connectivity index (χ1) is 12.2. The molecule has 3 heterocycles. The zero-order valence-electron chi connectivity index (χ0n) is 14.8. The van der Waals surface area contributed by atoms with Crippen LogP contribution in [0.1, 0.15) is 53.3 Å². The summed E-state index contributed by atoms with van der Waals surface area (Å²) in [5.74, 6) is 1.21. The fourth-order valence-corrected chi connectivity index (χ4v) is 4.11. The van der Waals surface area contributed by atoms with Gasteiger partial charge in [-0.3, -0.25) is 4.79 Å². The highest BCUT2D eigenvalue weighted by molar-refractivity contribution is 5.94. The zero-order valence-corrected chi connectivity index (χ0v) is 14.8. The van der Waals surface area contributed by atoms with E-state index < -0.39 is 0 Å². The predicted molar refractivity (Wildman–Crippen MR) is 99.9 cm³/mol. The number of hydrogen-bond acceptors (Lipinski definition) is 3. The average molecular weight is 335 g/mol. The van der Waals surface area contributed by atoms with E-state index in [4.69, 9.17) is 4.98 Å². The van der Waals surface area contributed by atoms with Gasteiger partial charge in [-0.15, -0.1) is 0 Å². The van der Waals surface area contributed by atoms with E-state index in [2.05, 4.69) is 24.0 Å². The molecule has 0 unspecified atom stereocenters. The molecule has 25 heavy (non-hydrogen) atoms. The summed E-state index contributed by atoms with van der Waals surface area (Å²) in [7, 11) is 0. The minimum absolute atomic E-state index is 0.131. The third-order valence-corrected chi connectivity index (χ3v) is 5.44. The number of benzene rings is 1. The number of rotatable bonds is 3. The first kappa shape index (κ1) is 16.1. The highest BCUT2D eigenvalue weighted by atomic mass is 16.2. The number of hydrogen-bond donors (Lipinski definition) is 0. The highest BCUT2D eigenvalue weighted by Crippen LogP contribution is 2.35. The Balaban J connectivity index is 1.58. The molecule has 0 spiro atoms. The maximum atomic E-state index is 12.9. The van der Waals surface area contributed by atoms with E-state index in [0.29, 0.717) is 0 Å². The molecule has 130 valence electrons. The van der Waals surface area contributed by atoms with Gasteiger partial charge in [-0.2, -0.15) is 0 Å². The van der Waals surface area contributed by atoms with E-state index in [-0.39, 0.29) is 11.9 Å². The Bertz CT molecular complexity index is 753. The average Bonchev–Trinajstić information content (AvgIpc) is 3.33. The van der Waals surface area contributed by atoms with Gasteiger partial charge in [-0.05, 0) is 56.4 Å². The quantitative estimate of drug-likeness (QED) is 0.851. The SMILES string of the molecule is Cc1nc(N2CCCC2)ccc1[C@H]1CCCN1C(=O)c1ccccc1. The van der Waals surface area contributed by atoms with Crippen molar-refractivity contribution in [1.82, 2.24) is 9.88 Å². The van der Waals surface area contributed by atoms with Crippen LogP contribution in [0.4, 0.5) is 5.82 Å². The second-order valence-electron chi connectivity index (χ2n) is 7.06. The molecule has 2 aliphatic heterocycles. The molecule has 2 aromatic rings. The Morgan fingerprint density at radius 1 is 1.00 bits per heavy atom. The molecule has 4 nitrogen and oxygen atoms in total. The first-order valence-corrected chi connectivity index (χ1v) is 9.32. The van der Waals surface area contributed by atoms with Crippen LogP contribution in [0.2, 0.25) is 0 Å². The molecule has 2 aliphatic rings. The summed E-state index contributed by atoms with van der Waals surface area (Å²) < 4.78 is 0. The fourth-order valence-electron chi connectivity index (χ4n) is 4.11. The second-order valence-corrected chi connectivity index (χ2v) is 7.06. The van der Waals surface area contributed by atoms with E-state index in [9.17, 15) is 4.79 Å². The molecule has 0 radical (unpaired) electrons. The number of carbonyl (C=O) groups is 1. The molecule has 0 bridgehead atoms. The van der Waals surface area contributed by atoms with Crippen molar-refractivity contribution in [2.24, 2.45) is 0 Å². The van der Waals surface area contributed by atoms with Crippen LogP contribution in [0, 0.1) is 6.92 Å². The maximum absolute atomic E-state index is 12.9. The van der Waals surface area contributed by atoms with Crippen LogP contribution in [-0.2, 0) is 0 Å². The summed E-state index contributed by atoms with van der Waals surface area (Å²) >= 11 is 0. The highest BCUT2D eigenvalue weighted by Gasteiger charge is 2.32. The van der Waals surface area contributed by atoms with Crippen molar-refractivity contribution in [1.29, 1.82) is 0 Å². The lowest BCUT2D eigenvalue weighted by Crippen LogP contribution is -2.31. The molecule has 4 rings (SSSR count). The molecule has 1 aromatic heterocycles. The molecule has 1 atom stereocenters. The van der Waals surface area contributed by atoms with Crippen LogP contribution >= 0.6 is 0 Å². The monoisotopic (exact) mass is 335 g/mol. The Hall–Kier alpha value is -2.36. The van der Waals surface area contributed by atoms with Crippen molar-refractivity contribution < 1.29 is 4.79 Å². The Labute approximate surface area is 149 Å². The molecular formula is C21H25N3O. The first-order valence-electron chi connectivity index (χ1n) is 9.32. The standard InChI is InChI=1S/C21H25N3O/c1-16-18(11-12-20(22-16)23-13-5-6-14-23)19-10-7-15-24(19)21(25)17-8-3-2-4-9-17/h2-4,8-9,11-12,19H,5-7,10,13-15H2,1H3/t19-/m1/s1. The number of pyridine rings is 1. The summed E-state index contributed by atoms with van der Waals surface area (Å²) in [4.78, 5) is 22.2. The number of amides is 1. The van der Waals surface area contributed by atoms with Crippen LogP contribution in [0.5, 0.6) is 0 Å². The number of carbonyl (C=O) groups excluding carboxylic acids is 1. The third kappa shape index (κ3) is 3.13. The minimum Gasteiger partial charge on any atom is -0.357 e. The van der Waals surface area contributed by atoms with E-state index in [1.54, 1.807) is 0 Å². The maximum Gasteiger partial charge on any atom is 0.254 e. The van der Waals surface area contributed by atoms with Crippen molar-refractivity contribution in [2.75, 3.05) is 24.5 Å². The topological polar surface area (TPSA) is 36.4 Å². The largest absolute Gasteiger partial charge is 0.357 e. The molecule has 1 aromatic carbocycles. The van der Waals surface area contributed by atoms with Crippen molar-refractivity contribution >= 4 is 11.7 Å². The van der Waals surface area contributed by atoms with Crippen molar-refractivity contribution in [2.45, 2.75) is 38.6 Å². The van der Waals surface area contributed by atoms with Crippen molar-refractivity contribution in [3.8, 4) is 0 Å². The summed E-state index contributed by atoms with van der Waals surface area (Å²) in [6, 6.07) is 14.1. The lowest BCUT2D eigenvalue weighted by molar-refractivity contribution is 0.0735. The number of nitrogens with zero attached hydrogens (tertiary/aromatic N) is 3. The van der Waals surface area contributed by atoms with Gasteiger partial charge in [0, 0.05) is 30.9 Å². The predicted octanol–water partition coefficient (Wildman–Crippen LogP) is 3.97. The smallest absolute Gasteiger partial charge is 0.254 e. The van der Waals surface area contributed by atoms with Gasteiger partial charge in [0.2, 0.25) is 0 Å². The van der Waals surface area contributed by atoms with Gasteiger partial charge in [0.15, 0.2) is 0 Å². The lowest BCUT2D eigenvalue weighted by atomic mass is 10.0. The normalized spacial score (nSPS) is 20.3. The van der Waals surface area contributed by atoms with Crippen LogP contribution in [-0.4, -0.2) is 35.4 Å². The Morgan fingerprint density at radius 2 is 1.76 bits per heavy atom. The number of anilines is 1. The summed E-state index contributed by atoms with van der Waals surface area (Å²) in [6.07, 6.45) is 4.58. The molecule has 0 saturated carbocycles. The third-order valence-electron chi connectivity index (χ3n) is 5.44. The van der Waals surface area contributed by atoms with E-state index in [1.165, 1.54) is 18.4 Å². The van der Waals surface area contributed by atoms with Crippen LogP contribution in [0.3, 0.4) is 0 Å². The molecular weight excluding hydrogens is 310 g/mol. The summed E-state index contributed by atoms with van der Waals surface area (Å²) in [5.41, 5.74) is 3.03. The number of aromatic nitrogens is 1. The van der Waals surface area contributed by atoms with Gasteiger partial charge in [-0.1, -0.05) is 24.3 Å². The van der Waals surface area contributed by atoms with Crippen LogP contribution in [0.15, 0.2) is 42.5 Å². The second kappa shape index (κ2) is 6.87. The van der Waals surface area contributed by atoms with Crippen molar-refractivity contribution in [3.05, 3.63) is 59.3 Å². The van der Waals surface area contributed by atoms with E-state index >= 15 is 0 Å². The summed E-state index contributed by atoms with van der Waals surface area (Å²) in [5, 5.41) is 0. The van der Waals surface area contributed by atoms with Crippen LogP contribution < -0.4 is 4.90 Å². The van der Waals surface area contributed by atoms with Gasteiger partial charge in [0.05, 0.1) is 6.04 Å². The Kier molecular flexibility index (Phi) is 4.43. The Morgan fingerprint density at radius 3 is 2.48 bits per heavy atom. The number of likely N-dealkylation sites (tertiary alicyclic amines) is 1. The summed E-state index contributed by atoms with van der Waals surface area (Å²) in [6.45, 7) is 5.12. The molecule has 2 fully saturated rings. The zero-order chi connectivity index (χ0) is 17.2. The molecule has 4 heteroatoms. The van der Waals surface area contributed by atoms with Gasteiger partial charge >= 0.3 is 0 Å². The van der Waals surface area contributed by atoms with Gasteiger partial charge < -0.3 is 9.80 Å². The van der Waals surface area contributed by atoms with Crippen molar-refractivity contribution in [3.63, 3.8) is 0 Å². The number of aryl methyl sites for hydroxylation is 1. The molecule has 1 amide bonds. The minimum atomic E-state index is 0.131. The molecule has 0 N–H and O–H groups in total. The molecule has 2 saturated heterocycles. The van der Waals surface area contributed by atoms with Gasteiger partial charge in [0.1, 0.15) is 5.82 Å². The fraction of sp³-hybridized carbons (Fsp3) is 0.429. The van der Waals surface area contributed by atoms with E-state index in [1.807, 2.05) is 35.2 Å². The van der Waals surface area contributed by atoms with Crippen LogP contribution in [0.25, 0.3) is 0 Å². The van der Waals surface area contributed by atoms with Gasteiger partial charge in [0.25, 0.3) is 5.91 Å². The lowest BCUT2D eigenvalue weighted by Gasteiger charge is -2.27.